The highest BCUT2D eigenvalue weighted by Crippen LogP contribution is 2.30. The normalized spacial score (nSPS) is 13.0. The molecule has 0 bridgehead atoms. The minimum absolute atomic E-state index is 0.111. The Kier molecular flexibility index (Phi) is 18.1. The van der Waals surface area contributed by atoms with Gasteiger partial charge in [0.05, 0.1) is 5.60 Å². The topological polar surface area (TPSA) is 178 Å². The first-order chi connectivity index (χ1) is 22.1. The Hall–Kier alpha value is -3.67. The molecular formula is C35H59N5O7. The van der Waals surface area contributed by atoms with Crippen LogP contribution in [0.4, 0.5) is 10.5 Å². The SMILES string of the molecule is CCC(C)(C)CCOC(CC)(CC)CCC(=O)NC(C(=O)NC(CCCNC(N)=O)C(=O)Nc1ccc(COC(C)=O)cc1)C(C)C. The van der Waals surface area contributed by atoms with Gasteiger partial charge in [0.25, 0.3) is 0 Å². The lowest BCUT2D eigenvalue weighted by molar-refractivity contribution is -0.142. The molecule has 266 valence electrons. The van der Waals surface area contributed by atoms with Gasteiger partial charge in [0.15, 0.2) is 0 Å². The molecule has 12 nitrogen and oxygen atoms in total. The maximum absolute atomic E-state index is 13.5. The molecule has 2 atom stereocenters. The van der Waals surface area contributed by atoms with Gasteiger partial charge in [0, 0.05) is 32.2 Å². The summed E-state index contributed by atoms with van der Waals surface area (Å²) >= 11 is 0. The lowest BCUT2D eigenvalue weighted by Gasteiger charge is -2.34. The predicted molar refractivity (Wildman–Crippen MR) is 183 cm³/mol. The molecule has 1 rings (SSSR count). The van der Waals surface area contributed by atoms with Gasteiger partial charge in [0.2, 0.25) is 17.7 Å². The van der Waals surface area contributed by atoms with Crippen molar-refractivity contribution in [2.45, 2.75) is 131 Å². The smallest absolute Gasteiger partial charge is 0.312 e. The number of rotatable bonds is 22. The van der Waals surface area contributed by atoms with Crippen LogP contribution < -0.4 is 27.0 Å². The molecule has 6 N–H and O–H groups in total. The third-order valence-corrected chi connectivity index (χ3v) is 8.77. The molecule has 0 aliphatic heterocycles. The van der Waals surface area contributed by atoms with Crippen molar-refractivity contribution in [2.24, 2.45) is 17.1 Å². The Labute approximate surface area is 281 Å². The molecule has 47 heavy (non-hydrogen) atoms. The monoisotopic (exact) mass is 661 g/mol. The summed E-state index contributed by atoms with van der Waals surface area (Å²) in [6.45, 7) is 16.7. The minimum Gasteiger partial charge on any atom is -0.461 e. The average molecular weight is 662 g/mol. The second-order valence-corrected chi connectivity index (χ2v) is 13.3. The van der Waals surface area contributed by atoms with Gasteiger partial charge >= 0.3 is 12.0 Å². The summed E-state index contributed by atoms with van der Waals surface area (Å²) in [6, 6.07) is 4.27. The summed E-state index contributed by atoms with van der Waals surface area (Å²) in [5.41, 5.74) is 6.17. The van der Waals surface area contributed by atoms with Crippen LogP contribution in [0, 0.1) is 11.3 Å². The zero-order valence-electron chi connectivity index (χ0n) is 29.8. The van der Waals surface area contributed by atoms with Gasteiger partial charge in [-0.05, 0) is 67.6 Å². The number of primary amides is 1. The van der Waals surface area contributed by atoms with Crippen molar-refractivity contribution >= 4 is 35.4 Å². The molecule has 0 aliphatic rings. The Morgan fingerprint density at radius 2 is 1.53 bits per heavy atom. The van der Waals surface area contributed by atoms with E-state index >= 15 is 0 Å². The molecule has 0 aliphatic carbocycles. The van der Waals surface area contributed by atoms with Gasteiger partial charge in [-0.3, -0.25) is 19.2 Å². The van der Waals surface area contributed by atoms with E-state index in [0.29, 0.717) is 25.1 Å². The van der Waals surface area contributed by atoms with E-state index in [9.17, 15) is 24.0 Å². The summed E-state index contributed by atoms with van der Waals surface area (Å²) < 4.78 is 11.4. The molecule has 0 spiro atoms. The van der Waals surface area contributed by atoms with E-state index in [1.165, 1.54) is 6.92 Å². The number of anilines is 1. The Morgan fingerprint density at radius 1 is 0.894 bits per heavy atom. The number of hydrogen-bond acceptors (Lipinski definition) is 7. The Bertz CT molecular complexity index is 1150. The number of benzene rings is 1. The van der Waals surface area contributed by atoms with Gasteiger partial charge < -0.3 is 36.5 Å². The van der Waals surface area contributed by atoms with Crippen molar-refractivity contribution in [2.75, 3.05) is 18.5 Å². The zero-order valence-corrected chi connectivity index (χ0v) is 29.8. The number of ether oxygens (including phenoxy) is 2. The number of amides is 5. The van der Waals surface area contributed by atoms with E-state index in [2.05, 4.69) is 55.9 Å². The fourth-order valence-corrected chi connectivity index (χ4v) is 4.87. The van der Waals surface area contributed by atoms with Crippen LogP contribution in [0.3, 0.4) is 0 Å². The van der Waals surface area contributed by atoms with Crippen molar-refractivity contribution in [1.29, 1.82) is 0 Å². The molecule has 0 fully saturated rings. The average Bonchev–Trinajstić information content (AvgIpc) is 3.02. The van der Waals surface area contributed by atoms with Gasteiger partial charge in [-0.15, -0.1) is 0 Å². The Morgan fingerprint density at radius 3 is 2.06 bits per heavy atom. The second-order valence-electron chi connectivity index (χ2n) is 13.3. The van der Waals surface area contributed by atoms with Crippen LogP contribution in [0.25, 0.3) is 0 Å². The summed E-state index contributed by atoms with van der Waals surface area (Å²) in [5.74, 6) is -1.85. The number of urea groups is 1. The molecule has 0 saturated carbocycles. The maximum atomic E-state index is 13.5. The summed E-state index contributed by atoms with van der Waals surface area (Å²) in [6.07, 6.45) is 4.84. The van der Waals surface area contributed by atoms with E-state index in [4.69, 9.17) is 15.2 Å². The molecule has 1 aromatic carbocycles. The summed E-state index contributed by atoms with van der Waals surface area (Å²) in [7, 11) is 0. The predicted octanol–water partition coefficient (Wildman–Crippen LogP) is 4.94. The van der Waals surface area contributed by atoms with E-state index in [1.54, 1.807) is 24.3 Å². The molecule has 1 aromatic rings. The standard InChI is InChI=1S/C35H59N5O7/c1-9-34(7,8)20-22-47-35(10-2,11-3)19-18-29(42)40-30(24(4)5)32(44)39-28(13-12-21-37-33(36)45)31(43)38-27-16-14-26(15-17-27)23-46-25(6)41/h14-17,24,28,30H,9-13,18-23H2,1-8H3,(H,38,43)(H,39,44)(H,40,42)(H3,36,37,45). The first-order valence-corrected chi connectivity index (χ1v) is 16.9. The molecule has 12 heteroatoms. The zero-order chi connectivity index (χ0) is 35.6. The number of hydrogen-bond donors (Lipinski definition) is 5. The van der Waals surface area contributed by atoms with Crippen LogP contribution >= 0.6 is 0 Å². The summed E-state index contributed by atoms with van der Waals surface area (Å²) in [4.78, 5) is 62.2. The molecule has 5 amide bonds. The highest BCUT2D eigenvalue weighted by molar-refractivity contribution is 5.98. The van der Waals surface area contributed by atoms with Crippen molar-refractivity contribution in [3.63, 3.8) is 0 Å². The molecule has 0 saturated heterocycles. The Balaban J connectivity index is 2.94. The van der Waals surface area contributed by atoms with Crippen LogP contribution in [0.5, 0.6) is 0 Å². The quantitative estimate of drug-likeness (QED) is 0.0862. The first kappa shape index (κ1) is 41.4. The van der Waals surface area contributed by atoms with Gasteiger partial charge in [-0.25, -0.2) is 4.79 Å². The van der Waals surface area contributed by atoms with E-state index in [1.807, 2.05) is 13.8 Å². The fraction of sp³-hybridized carbons (Fsp3) is 0.686. The van der Waals surface area contributed by atoms with Crippen LogP contribution in [0.15, 0.2) is 24.3 Å². The van der Waals surface area contributed by atoms with E-state index in [0.717, 1.165) is 31.2 Å². The van der Waals surface area contributed by atoms with Crippen LogP contribution in [0.1, 0.15) is 112 Å². The van der Waals surface area contributed by atoms with Crippen molar-refractivity contribution in [3.8, 4) is 0 Å². The van der Waals surface area contributed by atoms with Crippen molar-refractivity contribution < 1.29 is 33.4 Å². The molecular weight excluding hydrogens is 602 g/mol. The lowest BCUT2D eigenvalue weighted by atomic mass is 9.86. The maximum Gasteiger partial charge on any atom is 0.312 e. The van der Waals surface area contributed by atoms with Gasteiger partial charge in [-0.2, -0.15) is 0 Å². The molecule has 0 heterocycles. The third kappa shape index (κ3) is 16.1. The van der Waals surface area contributed by atoms with Crippen molar-refractivity contribution in [3.05, 3.63) is 29.8 Å². The summed E-state index contributed by atoms with van der Waals surface area (Å²) in [5, 5.41) is 11.0. The highest BCUT2D eigenvalue weighted by atomic mass is 16.5. The highest BCUT2D eigenvalue weighted by Gasteiger charge is 2.32. The minimum atomic E-state index is -0.954. The lowest BCUT2D eigenvalue weighted by Crippen LogP contribution is -2.54. The van der Waals surface area contributed by atoms with Crippen LogP contribution in [-0.2, 0) is 35.3 Å². The van der Waals surface area contributed by atoms with Crippen molar-refractivity contribution in [1.82, 2.24) is 16.0 Å². The van der Waals surface area contributed by atoms with Gasteiger partial charge in [0.1, 0.15) is 18.7 Å². The van der Waals surface area contributed by atoms with Crippen LogP contribution in [0.2, 0.25) is 0 Å². The number of esters is 1. The number of nitrogens with one attached hydrogen (secondary N) is 4. The number of carbonyl (C=O) groups is 5. The molecule has 0 radical (unpaired) electrons. The largest absolute Gasteiger partial charge is 0.461 e. The number of carbonyl (C=O) groups excluding carboxylic acids is 5. The fourth-order valence-electron chi connectivity index (χ4n) is 4.87. The number of nitrogens with two attached hydrogens (primary N) is 1. The van der Waals surface area contributed by atoms with Crippen LogP contribution in [-0.4, -0.2) is 60.6 Å². The van der Waals surface area contributed by atoms with Gasteiger partial charge in [-0.1, -0.05) is 67.0 Å². The van der Waals surface area contributed by atoms with E-state index < -0.39 is 41.5 Å². The first-order valence-electron chi connectivity index (χ1n) is 16.9. The molecule has 2 unspecified atom stereocenters. The third-order valence-electron chi connectivity index (χ3n) is 8.77. The second kappa shape index (κ2) is 20.5. The van der Waals surface area contributed by atoms with E-state index in [-0.39, 0.29) is 43.2 Å². The molecule has 0 aromatic heterocycles.